The molecule has 0 bridgehead atoms. The van der Waals surface area contributed by atoms with Gasteiger partial charge in [0.25, 0.3) is 5.91 Å². The van der Waals surface area contributed by atoms with Crippen molar-refractivity contribution in [1.29, 1.82) is 0 Å². The van der Waals surface area contributed by atoms with Crippen LogP contribution in [0.15, 0.2) is 108 Å². The summed E-state index contributed by atoms with van der Waals surface area (Å²) in [5, 5.41) is 3.99. The summed E-state index contributed by atoms with van der Waals surface area (Å²) in [5.41, 5.74) is 6.87. The van der Waals surface area contributed by atoms with E-state index in [2.05, 4.69) is 10.5 Å². The van der Waals surface area contributed by atoms with E-state index in [1.54, 1.807) is 43.3 Å². The zero-order chi connectivity index (χ0) is 25.3. The average Bonchev–Trinajstić information content (AvgIpc) is 2.90. The third kappa shape index (κ3) is 6.67. The molecule has 6 heteroatoms. The zero-order valence-electron chi connectivity index (χ0n) is 20.0. The summed E-state index contributed by atoms with van der Waals surface area (Å²) >= 11 is 0. The van der Waals surface area contributed by atoms with E-state index < -0.39 is 12.1 Å². The summed E-state index contributed by atoms with van der Waals surface area (Å²) in [5.74, 6) is 0.221. The first-order chi connectivity index (χ1) is 17.5. The monoisotopic (exact) mass is 478 g/mol. The van der Waals surface area contributed by atoms with Gasteiger partial charge in [-0.2, -0.15) is 5.10 Å². The highest BCUT2D eigenvalue weighted by Gasteiger charge is 2.14. The van der Waals surface area contributed by atoms with Crippen LogP contribution in [0.3, 0.4) is 0 Å². The molecule has 0 aliphatic heterocycles. The average molecular weight is 479 g/mol. The van der Waals surface area contributed by atoms with Crippen molar-refractivity contribution >= 4 is 18.1 Å². The molecule has 0 radical (unpaired) electrons. The predicted molar refractivity (Wildman–Crippen MR) is 140 cm³/mol. The second-order valence-electron chi connectivity index (χ2n) is 8.21. The molecular formula is C30H26N2O4. The number of hydrogen-bond acceptors (Lipinski definition) is 5. The number of esters is 1. The van der Waals surface area contributed by atoms with Crippen LogP contribution in [0.4, 0.5) is 0 Å². The van der Waals surface area contributed by atoms with Gasteiger partial charge in [-0.1, -0.05) is 60.2 Å². The van der Waals surface area contributed by atoms with Gasteiger partial charge in [-0.25, -0.2) is 10.2 Å². The Labute approximate surface area is 210 Å². The van der Waals surface area contributed by atoms with Crippen LogP contribution in [0.2, 0.25) is 0 Å². The first kappa shape index (κ1) is 24.4. The fourth-order valence-corrected chi connectivity index (χ4v) is 3.44. The highest BCUT2D eigenvalue weighted by Crippen LogP contribution is 2.22. The molecule has 36 heavy (non-hydrogen) atoms. The van der Waals surface area contributed by atoms with Crippen LogP contribution in [-0.4, -0.2) is 24.2 Å². The number of benzene rings is 4. The second-order valence-corrected chi connectivity index (χ2v) is 8.21. The lowest BCUT2D eigenvalue weighted by Crippen LogP contribution is -2.33. The van der Waals surface area contributed by atoms with Gasteiger partial charge in [0.15, 0.2) is 6.10 Å². The molecule has 0 spiro atoms. The number of hydrogen-bond donors (Lipinski definition) is 1. The van der Waals surface area contributed by atoms with Crippen molar-refractivity contribution in [2.75, 3.05) is 0 Å². The molecule has 0 fully saturated rings. The summed E-state index contributed by atoms with van der Waals surface area (Å²) in [7, 11) is 0. The molecule has 1 amide bonds. The number of amides is 1. The first-order valence-corrected chi connectivity index (χ1v) is 11.5. The number of nitrogens with one attached hydrogen (secondary N) is 1. The molecule has 0 saturated heterocycles. The van der Waals surface area contributed by atoms with Crippen molar-refractivity contribution < 1.29 is 19.1 Å². The normalized spacial score (nSPS) is 11.6. The molecule has 0 aliphatic carbocycles. The molecule has 1 N–H and O–H groups in total. The number of nitrogens with zero attached hydrogens (tertiary/aromatic N) is 1. The molecule has 0 heterocycles. The molecule has 4 rings (SSSR count). The fourth-order valence-electron chi connectivity index (χ4n) is 3.44. The Morgan fingerprint density at radius 2 is 1.47 bits per heavy atom. The zero-order valence-corrected chi connectivity index (χ0v) is 20.0. The molecule has 0 unspecified atom stereocenters. The topological polar surface area (TPSA) is 77.0 Å². The molecule has 0 saturated carbocycles. The van der Waals surface area contributed by atoms with Crippen molar-refractivity contribution in [3.05, 3.63) is 120 Å². The minimum atomic E-state index is -0.729. The quantitative estimate of drug-likeness (QED) is 0.150. The van der Waals surface area contributed by atoms with Gasteiger partial charge >= 0.3 is 5.97 Å². The van der Waals surface area contributed by atoms with E-state index in [4.69, 9.17) is 9.47 Å². The van der Waals surface area contributed by atoms with Crippen LogP contribution in [-0.2, 0) is 4.79 Å². The predicted octanol–water partition coefficient (Wildman–Crippen LogP) is 5.80. The Kier molecular flexibility index (Phi) is 7.88. The molecule has 0 aromatic heterocycles. The van der Waals surface area contributed by atoms with Crippen molar-refractivity contribution in [3.63, 3.8) is 0 Å². The highest BCUT2D eigenvalue weighted by molar-refractivity contribution is 5.91. The summed E-state index contributed by atoms with van der Waals surface area (Å²) < 4.78 is 11.1. The van der Waals surface area contributed by atoms with Crippen LogP contribution in [0.25, 0.3) is 11.1 Å². The third-order valence-electron chi connectivity index (χ3n) is 5.38. The highest BCUT2D eigenvalue weighted by atomic mass is 16.5. The van der Waals surface area contributed by atoms with E-state index >= 15 is 0 Å². The third-order valence-corrected chi connectivity index (χ3v) is 5.38. The van der Waals surface area contributed by atoms with Crippen molar-refractivity contribution in [1.82, 2.24) is 5.43 Å². The lowest BCUT2D eigenvalue weighted by atomic mass is 10.1. The van der Waals surface area contributed by atoms with E-state index in [1.807, 2.05) is 73.7 Å². The van der Waals surface area contributed by atoms with E-state index in [-0.39, 0.29) is 5.91 Å². The van der Waals surface area contributed by atoms with Gasteiger partial charge < -0.3 is 9.47 Å². The van der Waals surface area contributed by atoms with Crippen molar-refractivity contribution in [2.24, 2.45) is 5.10 Å². The maximum atomic E-state index is 12.4. The Hall–Kier alpha value is -4.71. The van der Waals surface area contributed by atoms with E-state index in [0.717, 1.165) is 22.3 Å². The molecule has 180 valence electrons. The number of hydrazone groups is 1. The summed E-state index contributed by atoms with van der Waals surface area (Å²) in [6.45, 7) is 3.58. The minimum Gasteiger partial charge on any atom is -0.481 e. The Morgan fingerprint density at radius 1 is 0.806 bits per heavy atom. The van der Waals surface area contributed by atoms with Crippen LogP contribution in [0.1, 0.15) is 28.4 Å². The molecule has 4 aromatic carbocycles. The lowest BCUT2D eigenvalue weighted by Gasteiger charge is -2.13. The maximum Gasteiger partial charge on any atom is 0.343 e. The smallest absolute Gasteiger partial charge is 0.343 e. The van der Waals surface area contributed by atoms with Crippen molar-refractivity contribution in [3.8, 4) is 22.6 Å². The Balaban J connectivity index is 1.26. The largest absolute Gasteiger partial charge is 0.481 e. The molecule has 6 nitrogen and oxygen atoms in total. The van der Waals surface area contributed by atoms with Gasteiger partial charge in [-0.3, -0.25) is 4.79 Å². The number of ether oxygens (including phenoxy) is 2. The SMILES string of the molecule is Cc1cccc(C(=O)Oc2ccc(/C=N\NC(=O)[C@@H](C)Oc3ccc(-c4ccccc4)cc3)cc2)c1. The van der Waals surface area contributed by atoms with Crippen LogP contribution in [0.5, 0.6) is 11.5 Å². The number of carbonyl (C=O) groups excluding carboxylic acids is 2. The van der Waals surface area contributed by atoms with Crippen molar-refractivity contribution in [2.45, 2.75) is 20.0 Å². The van der Waals surface area contributed by atoms with Gasteiger partial charge in [0.2, 0.25) is 0 Å². The number of carbonyl (C=O) groups is 2. The standard InChI is InChI=1S/C30H26N2O4/c1-21-7-6-10-26(19-21)30(34)36-28-15-11-23(12-16-28)20-31-32-29(33)22(2)35-27-17-13-25(14-18-27)24-8-4-3-5-9-24/h3-20,22H,1-2H3,(H,32,33)/b31-20-/t22-/m1/s1. The van der Waals surface area contributed by atoms with Gasteiger partial charge in [0, 0.05) is 0 Å². The van der Waals surface area contributed by atoms with Gasteiger partial charge in [0.05, 0.1) is 11.8 Å². The van der Waals surface area contributed by atoms with Crippen LogP contribution >= 0.6 is 0 Å². The van der Waals surface area contributed by atoms with E-state index in [1.165, 1.54) is 6.21 Å². The van der Waals surface area contributed by atoms with Crippen LogP contribution in [0, 0.1) is 6.92 Å². The summed E-state index contributed by atoms with van der Waals surface area (Å²) in [4.78, 5) is 24.6. The first-order valence-electron chi connectivity index (χ1n) is 11.5. The minimum absolute atomic E-state index is 0.373. The fraction of sp³-hybridized carbons (Fsp3) is 0.100. The summed E-state index contributed by atoms with van der Waals surface area (Å²) in [6, 6.07) is 31.6. The second kappa shape index (κ2) is 11.6. The lowest BCUT2D eigenvalue weighted by molar-refractivity contribution is -0.127. The maximum absolute atomic E-state index is 12.4. The van der Waals surface area contributed by atoms with Gasteiger partial charge in [0.1, 0.15) is 11.5 Å². The molecule has 0 aliphatic rings. The molecule has 4 aromatic rings. The van der Waals surface area contributed by atoms with Crippen LogP contribution < -0.4 is 14.9 Å². The van der Waals surface area contributed by atoms with E-state index in [9.17, 15) is 9.59 Å². The molecular weight excluding hydrogens is 452 g/mol. The summed E-state index contributed by atoms with van der Waals surface area (Å²) in [6.07, 6.45) is 0.777. The van der Waals surface area contributed by atoms with Gasteiger partial charge in [-0.05, 0) is 79.1 Å². The van der Waals surface area contributed by atoms with Gasteiger partial charge in [-0.15, -0.1) is 0 Å². The Morgan fingerprint density at radius 3 is 2.17 bits per heavy atom. The molecule has 1 atom stereocenters. The number of rotatable bonds is 8. The van der Waals surface area contributed by atoms with E-state index in [0.29, 0.717) is 17.1 Å². The number of aryl methyl sites for hydroxylation is 1. The Bertz CT molecular complexity index is 1350.